The fraction of sp³-hybridized carbons (Fsp3) is 0.250. The van der Waals surface area contributed by atoms with Crippen LogP contribution < -0.4 is 25.1 Å². The largest absolute Gasteiger partial charge is 0.497 e. The minimum atomic E-state index is 0.0788. The third kappa shape index (κ3) is 7.67. The topological polar surface area (TPSA) is 77.5 Å². The van der Waals surface area contributed by atoms with Gasteiger partial charge in [0.05, 0.1) is 7.11 Å². The van der Waals surface area contributed by atoms with Gasteiger partial charge in [-0.2, -0.15) is 4.57 Å². The highest BCUT2D eigenvalue weighted by atomic mass is 16.5. The Hall–Kier alpha value is -4.16. The second kappa shape index (κ2) is 14.0. The third-order valence-corrected chi connectivity index (χ3v) is 6.32. The molecule has 0 aliphatic rings. The Morgan fingerprint density at radius 2 is 1.68 bits per heavy atom. The van der Waals surface area contributed by atoms with Crippen molar-refractivity contribution in [2.24, 2.45) is 5.73 Å². The number of pyridine rings is 1. The molecular formula is C32H36N3O3+. The van der Waals surface area contributed by atoms with E-state index in [1.165, 1.54) is 10.9 Å². The first-order chi connectivity index (χ1) is 18.7. The van der Waals surface area contributed by atoms with Gasteiger partial charge in [-0.3, -0.25) is 4.79 Å². The number of nitrogens with two attached hydrogens (primary N) is 1. The second-order valence-corrected chi connectivity index (χ2v) is 9.10. The number of methoxy groups -OCH3 is 1. The van der Waals surface area contributed by atoms with E-state index in [2.05, 4.69) is 64.5 Å². The van der Waals surface area contributed by atoms with Crippen molar-refractivity contribution in [3.05, 3.63) is 96.2 Å². The number of carbonyl (C=O) groups excluding carboxylic acids is 1. The highest BCUT2D eigenvalue weighted by molar-refractivity contribution is 5.77. The van der Waals surface area contributed by atoms with E-state index in [1.807, 2.05) is 42.5 Å². The zero-order chi connectivity index (χ0) is 26.6. The number of aromatic nitrogens is 1. The molecule has 0 spiro atoms. The molecule has 4 aromatic rings. The number of unbranched alkanes of at least 4 members (excludes halogenated alkanes) is 2. The summed E-state index contributed by atoms with van der Waals surface area (Å²) in [7, 11) is 1.65. The van der Waals surface area contributed by atoms with Crippen molar-refractivity contribution in [1.82, 2.24) is 5.32 Å². The van der Waals surface area contributed by atoms with Crippen molar-refractivity contribution in [1.29, 1.82) is 0 Å². The summed E-state index contributed by atoms with van der Waals surface area (Å²) in [6.45, 7) is 1.89. The number of hydrogen-bond acceptors (Lipinski definition) is 4. The van der Waals surface area contributed by atoms with Gasteiger partial charge in [-0.1, -0.05) is 24.3 Å². The Labute approximate surface area is 224 Å². The molecule has 3 N–H and O–H groups in total. The molecule has 196 valence electrons. The fourth-order valence-corrected chi connectivity index (χ4v) is 4.35. The molecule has 6 nitrogen and oxygen atoms in total. The van der Waals surface area contributed by atoms with Gasteiger partial charge in [0.25, 0.3) is 0 Å². The average molecular weight is 511 g/mol. The lowest BCUT2D eigenvalue weighted by Crippen LogP contribution is -2.38. The van der Waals surface area contributed by atoms with Gasteiger partial charge in [0.15, 0.2) is 0 Å². The monoisotopic (exact) mass is 510 g/mol. The van der Waals surface area contributed by atoms with Gasteiger partial charge in [0.2, 0.25) is 17.1 Å². The zero-order valence-electron chi connectivity index (χ0n) is 21.9. The van der Waals surface area contributed by atoms with E-state index in [9.17, 15) is 4.79 Å². The quantitative estimate of drug-likeness (QED) is 0.178. The maximum Gasteiger partial charge on any atom is 0.220 e. The first kappa shape index (κ1) is 26.9. The van der Waals surface area contributed by atoms with E-state index in [0.717, 1.165) is 54.3 Å². The van der Waals surface area contributed by atoms with Crippen LogP contribution in [0.4, 0.5) is 0 Å². The predicted octanol–water partition coefficient (Wildman–Crippen LogP) is 5.73. The Morgan fingerprint density at radius 3 is 2.50 bits per heavy atom. The van der Waals surface area contributed by atoms with Crippen molar-refractivity contribution in [2.45, 2.75) is 32.2 Å². The summed E-state index contributed by atoms with van der Waals surface area (Å²) in [5.41, 5.74) is 8.84. The predicted molar refractivity (Wildman–Crippen MR) is 153 cm³/mol. The summed E-state index contributed by atoms with van der Waals surface area (Å²) in [6, 6.07) is 28.4. The van der Waals surface area contributed by atoms with E-state index in [4.69, 9.17) is 15.2 Å². The molecule has 38 heavy (non-hydrogen) atoms. The maximum absolute atomic E-state index is 11.8. The average Bonchev–Trinajstić information content (AvgIpc) is 2.95. The Morgan fingerprint density at radius 1 is 0.868 bits per heavy atom. The number of hydrogen-bond donors (Lipinski definition) is 2. The van der Waals surface area contributed by atoms with Crippen LogP contribution in [-0.2, 0) is 11.3 Å². The van der Waals surface area contributed by atoms with Crippen LogP contribution in [0.25, 0.3) is 23.1 Å². The van der Waals surface area contributed by atoms with Crippen LogP contribution in [0.15, 0.2) is 84.9 Å². The number of carbonyl (C=O) groups is 1. The Kier molecular flexibility index (Phi) is 9.88. The van der Waals surface area contributed by atoms with Gasteiger partial charge in [-0.25, -0.2) is 0 Å². The lowest BCUT2D eigenvalue weighted by molar-refractivity contribution is -0.673. The van der Waals surface area contributed by atoms with Crippen molar-refractivity contribution in [2.75, 3.05) is 20.2 Å². The second-order valence-electron chi connectivity index (χ2n) is 9.10. The molecule has 0 radical (unpaired) electrons. The van der Waals surface area contributed by atoms with Crippen LogP contribution in [0.5, 0.6) is 17.2 Å². The summed E-state index contributed by atoms with van der Waals surface area (Å²) >= 11 is 0. The summed E-state index contributed by atoms with van der Waals surface area (Å²) in [5, 5.41) is 4.05. The van der Waals surface area contributed by atoms with E-state index in [0.29, 0.717) is 19.5 Å². The molecule has 0 aliphatic heterocycles. The van der Waals surface area contributed by atoms with E-state index < -0.39 is 0 Å². The van der Waals surface area contributed by atoms with E-state index >= 15 is 0 Å². The van der Waals surface area contributed by atoms with Crippen molar-refractivity contribution in [3.8, 4) is 17.2 Å². The molecule has 0 saturated heterocycles. The molecule has 4 rings (SSSR count). The lowest BCUT2D eigenvalue weighted by atomic mass is 10.1. The number of nitrogens with zero attached hydrogens (tertiary/aromatic N) is 1. The minimum absolute atomic E-state index is 0.0788. The minimum Gasteiger partial charge on any atom is -0.497 e. The summed E-state index contributed by atoms with van der Waals surface area (Å²) in [4.78, 5) is 11.8. The number of amides is 1. The number of fused-ring (bicyclic) bond motifs is 1. The Bertz CT molecular complexity index is 1370. The molecule has 0 saturated carbocycles. The smallest absolute Gasteiger partial charge is 0.220 e. The maximum atomic E-state index is 11.8. The standard InChI is InChI=1S/C32H35N3O3/c1-37-28-17-19-29(20-18-28)38-30-10-7-8-25(24-30)13-15-27-16-14-26-9-4-5-11-31(26)35(27)23-6-2-3-12-32(36)34-22-21-33/h4-5,7-11,13-20,24H,2-3,6,12,21-23,33H2,1H3/p+1/b15-13+. The van der Waals surface area contributed by atoms with Crippen LogP contribution >= 0.6 is 0 Å². The molecule has 3 aromatic carbocycles. The van der Waals surface area contributed by atoms with Crippen LogP contribution in [0.2, 0.25) is 0 Å². The van der Waals surface area contributed by atoms with E-state index in [1.54, 1.807) is 7.11 Å². The summed E-state index contributed by atoms with van der Waals surface area (Å²) in [5.74, 6) is 2.41. The van der Waals surface area contributed by atoms with Gasteiger partial charge in [-0.15, -0.1) is 0 Å². The molecule has 0 aliphatic carbocycles. The van der Waals surface area contributed by atoms with Crippen LogP contribution in [0.1, 0.15) is 36.9 Å². The molecule has 0 atom stereocenters. The molecule has 6 heteroatoms. The highest BCUT2D eigenvalue weighted by Crippen LogP contribution is 2.25. The van der Waals surface area contributed by atoms with Crippen LogP contribution in [-0.4, -0.2) is 26.1 Å². The number of rotatable bonds is 13. The van der Waals surface area contributed by atoms with E-state index in [-0.39, 0.29) is 5.91 Å². The van der Waals surface area contributed by atoms with Gasteiger partial charge in [-0.05, 0) is 73.0 Å². The summed E-state index contributed by atoms with van der Waals surface area (Å²) in [6.07, 6.45) is 7.66. The highest BCUT2D eigenvalue weighted by Gasteiger charge is 2.13. The molecule has 1 aromatic heterocycles. The van der Waals surface area contributed by atoms with Gasteiger partial charge >= 0.3 is 0 Å². The number of aryl methyl sites for hydroxylation is 1. The Balaban J connectivity index is 1.45. The summed E-state index contributed by atoms with van der Waals surface area (Å²) < 4.78 is 13.6. The molecular weight excluding hydrogens is 474 g/mol. The molecule has 1 heterocycles. The van der Waals surface area contributed by atoms with Gasteiger partial charge in [0, 0.05) is 49.5 Å². The molecule has 0 unspecified atom stereocenters. The number of nitrogens with one attached hydrogen (secondary N) is 1. The van der Waals surface area contributed by atoms with Crippen molar-refractivity contribution >= 4 is 29.0 Å². The fourth-order valence-electron chi connectivity index (χ4n) is 4.35. The normalized spacial score (nSPS) is 11.1. The third-order valence-electron chi connectivity index (χ3n) is 6.32. The molecule has 0 fully saturated rings. The van der Waals surface area contributed by atoms with Crippen molar-refractivity contribution in [3.63, 3.8) is 0 Å². The first-order valence-corrected chi connectivity index (χ1v) is 13.1. The van der Waals surface area contributed by atoms with Crippen LogP contribution in [0, 0.1) is 0 Å². The SMILES string of the molecule is COc1ccc(Oc2cccc(/C=C/c3ccc4ccccc4[n+]3CCCCCC(=O)NCCN)c2)cc1. The number of para-hydroxylation sites is 1. The van der Waals surface area contributed by atoms with Gasteiger partial charge < -0.3 is 20.5 Å². The molecule has 1 amide bonds. The van der Waals surface area contributed by atoms with Crippen molar-refractivity contribution < 1.29 is 18.8 Å². The molecule has 0 bridgehead atoms. The lowest BCUT2D eigenvalue weighted by Gasteiger charge is -2.08. The van der Waals surface area contributed by atoms with Gasteiger partial charge in [0.1, 0.15) is 23.8 Å². The number of benzene rings is 3. The first-order valence-electron chi connectivity index (χ1n) is 13.1. The number of ether oxygens (including phenoxy) is 2. The zero-order valence-corrected chi connectivity index (χ0v) is 21.9. The van der Waals surface area contributed by atoms with Crippen LogP contribution in [0.3, 0.4) is 0 Å².